The number of hydrogen-bond donors (Lipinski definition) is 1. The number of anilines is 1. The van der Waals surface area contributed by atoms with Gasteiger partial charge < -0.3 is 10.5 Å². The zero-order chi connectivity index (χ0) is 14.1. The summed E-state index contributed by atoms with van der Waals surface area (Å²) in [6.07, 6.45) is 2.35. The number of imidazole rings is 1. The normalized spacial score (nSPS) is 12.7. The third-order valence-electron chi connectivity index (χ3n) is 3.22. The highest BCUT2D eigenvalue weighted by Crippen LogP contribution is 2.27. The second-order valence-electron chi connectivity index (χ2n) is 4.58. The summed E-state index contributed by atoms with van der Waals surface area (Å²) >= 11 is 1.69. The lowest BCUT2D eigenvalue weighted by molar-refractivity contribution is 0.401. The Morgan fingerprint density at radius 2 is 2.30 bits per heavy atom. The van der Waals surface area contributed by atoms with E-state index in [-0.39, 0.29) is 6.04 Å². The van der Waals surface area contributed by atoms with Gasteiger partial charge in [0, 0.05) is 6.04 Å². The molecule has 0 aliphatic rings. The molecule has 0 amide bonds. The van der Waals surface area contributed by atoms with E-state index >= 15 is 0 Å². The number of aromatic nitrogens is 4. The first-order valence-corrected chi connectivity index (χ1v) is 7.18. The molecular weight excluding hydrogens is 274 g/mol. The molecule has 104 valence electrons. The van der Waals surface area contributed by atoms with Crippen molar-refractivity contribution in [2.24, 2.45) is 0 Å². The van der Waals surface area contributed by atoms with Gasteiger partial charge in [-0.3, -0.25) is 4.57 Å². The Bertz CT molecular complexity index is 722. The van der Waals surface area contributed by atoms with Crippen molar-refractivity contribution >= 4 is 28.4 Å². The first-order chi connectivity index (χ1) is 9.70. The van der Waals surface area contributed by atoms with Crippen LogP contribution in [0.4, 0.5) is 5.95 Å². The molecule has 2 N–H and O–H groups in total. The Morgan fingerprint density at radius 3 is 3.00 bits per heavy atom. The molecule has 0 aromatic carbocycles. The molecule has 1 atom stereocenters. The van der Waals surface area contributed by atoms with Gasteiger partial charge in [0.25, 0.3) is 0 Å². The molecule has 0 fully saturated rings. The monoisotopic (exact) mass is 289 g/mol. The molecule has 3 aromatic heterocycles. The minimum absolute atomic E-state index is 0.161. The number of ether oxygens (including phenoxy) is 1. The van der Waals surface area contributed by atoms with Crippen LogP contribution < -0.4 is 10.5 Å². The lowest BCUT2D eigenvalue weighted by Crippen LogP contribution is -2.11. The van der Waals surface area contributed by atoms with E-state index in [1.165, 1.54) is 11.9 Å². The van der Waals surface area contributed by atoms with E-state index in [0.29, 0.717) is 23.0 Å². The highest BCUT2D eigenvalue weighted by atomic mass is 32.1. The maximum Gasteiger partial charge on any atom is 0.245 e. The summed E-state index contributed by atoms with van der Waals surface area (Å²) < 4.78 is 7.13. The zero-order valence-corrected chi connectivity index (χ0v) is 12.1. The summed E-state index contributed by atoms with van der Waals surface area (Å²) in [5.41, 5.74) is 8.63. The third kappa shape index (κ3) is 2.09. The lowest BCUT2D eigenvalue weighted by Gasteiger charge is -2.14. The number of rotatable bonds is 4. The Morgan fingerprint density at radius 1 is 1.45 bits per heavy atom. The summed E-state index contributed by atoms with van der Waals surface area (Å²) in [6.45, 7) is 2.10. The van der Waals surface area contributed by atoms with Crippen LogP contribution in [0, 0.1) is 0 Å². The molecule has 0 saturated heterocycles. The molecule has 0 bridgehead atoms. The zero-order valence-electron chi connectivity index (χ0n) is 11.3. The van der Waals surface area contributed by atoms with Gasteiger partial charge in [-0.1, -0.05) is 0 Å². The van der Waals surface area contributed by atoms with Crippen molar-refractivity contribution in [1.29, 1.82) is 0 Å². The molecule has 3 rings (SSSR count). The van der Waals surface area contributed by atoms with Crippen LogP contribution >= 0.6 is 11.3 Å². The number of fused-ring (bicyclic) bond motifs is 1. The lowest BCUT2D eigenvalue weighted by atomic mass is 10.1. The van der Waals surface area contributed by atoms with E-state index in [4.69, 9.17) is 10.5 Å². The highest BCUT2D eigenvalue weighted by Gasteiger charge is 2.18. The van der Waals surface area contributed by atoms with Gasteiger partial charge in [0.05, 0.1) is 7.11 Å². The van der Waals surface area contributed by atoms with Crippen molar-refractivity contribution in [3.8, 4) is 5.88 Å². The maximum absolute atomic E-state index is 6.04. The smallest absolute Gasteiger partial charge is 0.245 e. The maximum atomic E-state index is 6.04. The van der Waals surface area contributed by atoms with Crippen LogP contribution in [-0.4, -0.2) is 26.6 Å². The molecule has 7 heteroatoms. The van der Waals surface area contributed by atoms with E-state index in [2.05, 4.69) is 38.7 Å². The molecule has 20 heavy (non-hydrogen) atoms. The van der Waals surface area contributed by atoms with Gasteiger partial charge in [0.15, 0.2) is 11.2 Å². The summed E-state index contributed by atoms with van der Waals surface area (Å²) in [4.78, 5) is 12.7. The van der Waals surface area contributed by atoms with Crippen LogP contribution in [0.5, 0.6) is 5.88 Å². The van der Waals surface area contributed by atoms with Gasteiger partial charge in [-0.2, -0.15) is 16.3 Å². The average molecular weight is 289 g/mol. The quantitative estimate of drug-likeness (QED) is 0.797. The number of nitrogens with two attached hydrogens (primary N) is 1. The number of nitrogens with zero attached hydrogens (tertiary/aromatic N) is 4. The van der Waals surface area contributed by atoms with E-state index in [1.807, 2.05) is 4.57 Å². The van der Waals surface area contributed by atoms with Gasteiger partial charge in [-0.25, -0.2) is 9.97 Å². The summed E-state index contributed by atoms with van der Waals surface area (Å²) in [5.74, 6) is 0.879. The van der Waals surface area contributed by atoms with Crippen molar-refractivity contribution in [1.82, 2.24) is 19.5 Å². The summed E-state index contributed by atoms with van der Waals surface area (Å²) in [6, 6.07) is 2.28. The molecule has 6 nitrogen and oxygen atoms in total. The summed E-state index contributed by atoms with van der Waals surface area (Å²) in [7, 11) is 1.56. The van der Waals surface area contributed by atoms with Crippen LogP contribution in [0.15, 0.2) is 23.2 Å². The Labute approximate surface area is 120 Å². The van der Waals surface area contributed by atoms with E-state index in [9.17, 15) is 0 Å². The number of thiophene rings is 1. The molecule has 1 unspecified atom stereocenters. The predicted molar refractivity (Wildman–Crippen MR) is 79.0 cm³/mol. The van der Waals surface area contributed by atoms with Gasteiger partial charge in [-0.05, 0) is 35.7 Å². The molecule has 0 spiro atoms. The van der Waals surface area contributed by atoms with Gasteiger partial charge in [0.1, 0.15) is 6.33 Å². The SMILES string of the molecule is COc1ncnc2c1nc(N)n2C(C)Cc1ccsc1. The second kappa shape index (κ2) is 5.09. The van der Waals surface area contributed by atoms with Crippen molar-refractivity contribution in [2.75, 3.05) is 12.8 Å². The largest absolute Gasteiger partial charge is 0.479 e. The fourth-order valence-corrected chi connectivity index (χ4v) is 3.01. The molecule has 0 saturated carbocycles. The van der Waals surface area contributed by atoms with Gasteiger partial charge in [0.2, 0.25) is 11.8 Å². The first kappa shape index (κ1) is 12.9. The molecular formula is C13H15N5OS. The van der Waals surface area contributed by atoms with E-state index < -0.39 is 0 Å². The molecule has 0 aliphatic carbocycles. The van der Waals surface area contributed by atoms with Crippen LogP contribution in [0.1, 0.15) is 18.5 Å². The molecule has 3 aromatic rings. The van der Waals surface area contributed by atoms with Gasteiger partial charge in [-0.15, -0.1) is 0 Å². The van der Waals surface area contributed by atoms with Crippen molar-refractivity contribution < 1.29 is 4.74 Å². The van der Waals surface area contributed by atoms with Crippen molar-refractivity contribution in [3.05, 3.63) is 28.7 Å². The first-order valence-electron chi connectivity index (χ1n) is 6.24. The Balaban J connectivity index is 2.04. The van der Waals surface area contributed by atoms with Crippen molar-refractivity contribution in [3.63, 3.8) is 0 Å². The average Bonchev–Trinajstić information content (AvgIpc) is 3.04. The molecule has 3 heterocycles. The van der Waals surface area contributed by atoms with Crippen LogP contribution in [-0.2, 0) is 6.42 Å². The van der Waals surface area contributed by atoms with E-state index in [0.717, 1.165) is 6.42 Å². The predicted octanol–water partition coefficient (Wildman–Crippen LogP) is 2.28. The Hall–Kier alpha value is -2.15. The number of hydrogen-bond acceptors (Lipinski definition) is 6. The van der Waals surface area contributed by atoms with Crippen molar-refractivity contribution in [2.45, 2.75) is 19.4 Å². The van der Waals surface area contributed by atoms with Gasteiger partial charge >= 0.3 is 0 Å². The fraction of sp³-hybridized carbons (Fsp3) is 0.308. The number of methoxy groups -OCH3 is 1. The fourth-order valence-electron chi connectivity index (χ4n) is 2.33. The van der Waals surface area contributed by atoms with Crippen LogP contribution in [0.3, 0.4) is 0 Å². The minimum atomic E-state index is 0.161. The number of nitrogen functional groups attached to an aromatic ring is 1. The molecule has 0 aliphatic heterocycles. The van der Waals surface area contributed by atoms with Crippen LogP contribution in [0.25, 0.3) is 11.2 Å². The topological polar surface area (TPSA) is 78.8 Å². The molecule has 0 radical (unpaired) electrons. The standard InChI is InChI=1S/C13H15N5OS/c1-8(5-9-3-4-20-6-9)18-11-10(17-13(18)14)12(19-2)16-7-15-11/h3-4,6-8H,5H2,1-2H3,(H2,14,17). The second-order valence-corrected chi connectivity index (χ2v) is 5.36. The van der Waals surface area contributed by atoms with Crippen LogP contribution in [0.2, 0.25) is 0 Å². The highest BCUT2D eigenvalue weighted by molar-refractivity contribution is 7.07. The summed E-state index contributed by atoms with van der Waals surface area (Å²) in [5, 5.41) is 4.21. The van der Waals surface area contributed by atoms with E-state index in [1.54, 1.807) is 18.4 Å². The third-order valence-corrected chi connectivity index (χ3v) is 3.95. The minimum Gasteiger partial charge on any atom is -0.479 e. The Kier molecular flexibility index (Phi) is 3.27.